The lowest BCUT2D eigenvalue weighted by atomic mass is 10.2. The molecule has 5 nitrogen and oxygen atoms in total. The number of hydrogen-bond acceptors (Lipinski definition) is 5. The van der Waals surface area contributed by atoms with Gasteiger partial charge in [0.2, 0.25) is 5.88 Å². The maximum Gasteiger partial charge on any atom is 0.200 e. The average Bonchev–Trinajstić information content (AvgIpc) is 3.22. The molecule has 4 rings (SSSR count). The number of furan rings is 3. The van der Waals surface area contributed by atoms with Crippen molar-refractivity contribution in [2.75, 3.05) is 11.4 Å². The molecule has 0 radical (unpaired) electrons. The van der Waals surface area contributed by atoms with Crippen LogP contribution in [0.4, 0.5) is 5.88 Å². The van der Waals surface area contributed by atoms with Gasteiger partial charge in [-0.1, -0.05) is 0 Å². The zero-order valence-electron chi connectivity index (χ0n) is 10.6. The van der Waals surface area contributed by atoms with Gasteiger partial charge in [-0.2, -0.15) is 0 Å². The summed E-state index contributed by atoms with van der Waals surface area (Å²) in [5.74, 6) is 3.05. The molecule has 0 bridgehead atoms. The van der Waals surface area contributed by atoms with Gasteiger partial charge in [0.15, 0.2) is 11.6 Å². The number of amidine groups is 1. The van der Waals surface area contributed by atoms with Crippen molar-refractivity contribution in [3.8, 4) is 0 Å². The summed E-state index contributed by atoms with van der Waals surface area (Å²) in [6, 6.07) is 11.2. The van der Waals surface area contributed by atoms with Crippen molar-refractivity contribution in [3.05, 3.63) is 66.7 Å². The molecule has 5 heteroatoms. The van der Waals surface area contributed by atoms with Crippen LogP contribution in [0.2, 0.25) is 0 Å². The minimum absolute atomic E-state index is 0.0600. The first-order valence-electron chi connectivity index (χ1n) is 6.38. The normalized spacial score (nSPS) is 18.5. The summed E-state index contributed by atoms with van der Waals surface area (Å²) in [7, 11) is 0. The standard InChI is InChI=1S/C15H12N2O3/c1-4-12(18-7-1)11-10-17(14-6-3-9-20-14)15(16-11)13-5-2-8-19-13/h1-9,11H,10H2. The van der Waals surface area contributed by atoms with Gasteiger partial charge in [0.05, 0.1) is 25.3 Å². The highest BCUT2D eigenvalue weighted by atomic mass is 16.4. The van der Waals surface area contributed by atoms with Gasteiger partial charge in [-0.25, -0.2) is 0 Å². The first-order chi connectivity index (χ1) is 9.92. The van der Waals surface area contributed by atoms with E-state index >= 15 is 0 Å². The Morgan fingerprint density at radius 2 is 1.75 bits per heavy atom. The number of nitrogens with zero attached hydrogens (tertiary/aromatic N) is 2. The molecule has 1 aliphatic heterocycles. The van der Waals surface area contributed by atoms with Gasteiger partial charge in [0.1, 0.15) is 11.8 Å². The summed E-state index contributed by atoms with van der Waals surface area (Å²) in [6.07, 6.45) is 4.95. The van der Waals surface area contributed by atoms with E-state index in [2.05, 4.69) is 0 Å². The van der Waals surface area contributed by atoms with Gasteiger partial charge in [0.25, 0.3) is 0 Å². The molecule has 0 aromatic carbocycles. The predicted molar refractivity (Wildman–Crippen MR) is 72.7 cm³/mol. The Bertz CT molecular complexity index is 696. The number of anilines is 1. The molecule has 0 aliphatic carbocycles. The summed E-state index contributed by atoms with van der Waals surface area (Å²) in [6.45, 7) is 0.664. The van der Waals surface area contributed by atoms with Crippen molar-refractivity contribution < 1.29 is 13.3 Å². The highest BCUT2D eigenvalue weighted by Gasteiger charge is 2.32. The molecule has 1 atom stereocenters. The molecular formula is C15H12N2O3. The Morgan fingerprint density at radius 3 is 2.45 bits per heavy atom. The summed E-state index contributed by atoms with van der Waals surface area (Å²) in [5, 5.41) is 0. The second-order valence-corrected chi connectivity index (χ2v) is 4.52. The Hall–Kier alpha value is -2.69. The van der Waals surface area contributed by atoms with E-state index in [1.54, 1.807) is 18.8 Å². The molecule has 3 aromatic rings. The number of aliphatic imine (C=N–C) groups is 1. The SMILES string of the molecule is c1coc(C2=NC(c3ccco3)CN2c2ccco2)c1. The monoisotopic (exact) mass is 268 g/mol. The van der Waals surface area contributed by atoms with Crippen molar-refractivity contribution in [1.29, 1.82) is 0 Å². The van der Waals surface area contributed by atoms with E-state index in [0.29, 0.717) is 6.54 Å². The quantitative estimate of drug-likeness (QED) is 0.729. The van der Waals surface area contributed by atoms with E-state index in [9.17, 15) is 0 Å². The Labute approximate surface area is 115 Å². The lowest BCUT2D eigenvalue weighted by Gasteiger charge is -2.16. The van der Waals surface area contributed by atoms with Gasteiger partial charge in [-0.3, -0.25) is 9.89 Å². The zero-order chi connectivity index (χ0) is 13.4. The Balaban J connectivity index is 1.75. The van der Waals surface area contributed by atoms with Crippen molar-refractivity contribution in [3.63, 3.8) is 0 Å². The smallest absolute Gasteiger partial charge is 0.200 e. The Kier molecular flexibility index (Phi) is 2.48. The van der Waals surface area contributed by atoms with Crippen molar-refractivity contribution >= 4 is 11.7 Å². The largest absolute Gasteiger partial charge is 0.467 e. The third kappa shape index (κ3) is 1.75. The van der Waals surface area contributed by atoms with E-state index < -0.39 is 0 Å². The van der Waals surface area contributed by atoms with Crippen molar-refractivity contribution in [2.45, 2.75) is 6.04 Å². The fourth-order valence-corrected chi connectivity index (χ4v) is 2.37. The summed E-state index contributed by atoms with van der Waals surface area (Å²) < 4.78 is 16.4. The lowest BCUT2D eigenvalue weighted by molar-refractivity contribution is 0.474. The van der Waals surface area contributed by atoms with Crippen LogP contribution in [0.15, 0.2) is 73.4 Å². The first kappa shape index (κ1) is 11.2. The molecule has 0 spiro atoms. The first-order valence-corrected chi connectivity index (χ1v) is 6.38. The second-order valence-electron chi connectivity index (χ2n) is 4.52. The van der Waals surface area contributed by atoms with Gasteiger partial charge < -0.3 is 13.3 Å². The van der Waals surface area contributed by atoms with Gasteiger partial charge in [0, 0.05) is 6.07 Å². The van der Waals surface area contributed by atoms with Crippen molar-refractivity contribution in [2.24, 2.45) is 4.99 Å². The van der Waals surface area contributed by atoms with E-state index in [0.717, 1.165) is 23.2 Å². The minimum atomic E-state index is -0.0600. The highest BCUT2D eigenvalue weighted by Crippen LogP contribution is 2.31. The zero-order valence-corrected chi connectivity index (χ0v) is 10.6. The van der Waals surface area contributed by atoms with Crippen LogP contribution < -0.4 is 4.90 Å². The van der Waals surface area contributed by atoms with E-state index in [1.165, 1.54) is 0 Å². The van der Waals surface area contributed by atoms with Crippen LogP contribution in [0.1, 0.15) is 17.6 Å². The maximum absolute atomic E-state index is 5.48. The van der Waals surface area contributed by atoms with Crippen LogP contribution in [-0.4, -0.2) is 12.4 Å². The molecule has 20 heavy (non-hydrogen) atoms. The lowest BCUT2D eigenvalue weighted by Crippen LogP contribution is -2.27. The van der Waals surface area contributed by atoms with E-state index in [-0.39, 0.29) is 6.04 Å². The summed E-state index contributed by atoms with van der Waals surface area (Å²) in [4.78, 5) is 6.70. The van der Waals surface area contributed by atoms with Gasteiger partial charge >= 0.3 is 0 Å². The highest BCUT2D eigenvalue weighted by molar-refractivity contribution is 6.08. The third-order valence-corrected chi connectivity index (χ3v) is 3.27. The average molecular weight is 268 g/mol. The molecule has 100 valence electrons. The van der Waals surface area contributed by atoms with Gasteiger partial charge in [-0.15, -0.1) is 0 Å². The maximum atomic E-state index is 5.48. The summed E-state index contributed by atoms with van der Waals surface area (Å²) >= 11 is 0. The molecule has 0 saturated heterocycles. The van der Waals surface area contributed by atoms with Crippen LogP contribution in [0, 0.1) is 0 Å². The molecule has 0 fully saturated rings. The molecule has 1 unspecified atom stereocenters. The topological polar surface area (TPSA) is 55.0 Å². The van der Waals surface area contributed by atoms with Crippen molar-refractivity contribution in [1.82, 2.24) is 0 Å². The fourth-order valence-electron chi connectivity index (χ4n) is 2.37. The van der Waals surface area contributed by atoms with Crippen LogP contribution >= 0.6 is 0 Å². The Morgan fingerprint density at radius 1 is 0.950 bits per heavy atom. The molecule has 0 N–H and O–H groups in total. The minimum Gasteiger partial charge on any atom is -0.467 e. The molecular weight excluding hydrogens is 256 g/mol. The third-order valence-electron chi connectivity index (χ3n) is 3.27. The predicted octanol–water partition coefficient (Wildman–Crippen LogP) is 3.47. The fraction of sp³-hybridized carbons (Fsp3) is 0.133. The molecule has 0 saturated carbocycles. The molecule has 4 heterocycles. The molecule has 3 aromatic heterocycles. The van der Waals surface area contributed by atoms with Crippen LogP contribution in [0.5, 0.6) is 0 Å². The van der Waals surface area contributed by atoms with Crippen LogP contribution in [0.25, 0.3) is 0 Å². The van der Waals surface area contributed by atoms with E-state index in [4.69, 9.17) is 18.2 Å². The second kappa shape index (κ2) is 4.45. The number of rotatable bonds is 3. The van der Waals surface area contributed by atoms with Crippen LogP contribution in [-0.2, 0) is 0 Å². The van der Waals surface area contributed by atoms with Crippen LogP contribution in [0.3, 0.4) is 0 Å². The number of hydrogen-bond donors (Lipinski definition) is 0. The summed E-state index contributed by atoms with van der Waals surface area (Å²) in [5.41, 5.74) is 0. The van der Waals surface area contributed by atoms with Gasteiger partial charge in [-0.05, 0) is 30.3 Å². The molecule has 1 aliphatic rings. The van der Waals surface area contributed by atoms with E-state index in [1.807, 2.05) is 41.3 Å². The molecule has 0 amide bonds.